The van der Waals surface area contributed by atoms with Crippen molar-refractivity contribution in [3.05, 3.63) is 29.8 Å². The molecule has 0 amide bonds. The Kier molecular flexibility index (Phi) is 5.41. The third-order valence-electron chi connectivity index (χ3n) is 2.60. The summed E-state index contributed by atoms with van der Waals surface area (Å²) in [7, 11) is -2.98. The van der Waals surface area contributed by atoms with E-state index in [0.29, 0.717) is 11.3 Å². The van der Waals surface area contributed by atoms with E-state index in [9.17, 15) is 13.2 Å². The first-order valence-corrected chi connectivity index (χ1v) is 8.48. The number of hydrogen-bond donors (Lipinski definition) is 0. The summed E-state index contributed by atoms with van der Waals surface area (Å²) >= 11 is 1.46. The van der Waals surface area contributed by atoms with Crippen LogP contribution in [0.1, 0.15) is 31.1 Å². The zero-order chi connectivity index (χ0) is 13.8. The van der Waals surface area contributed by atoms with Crippen molar-refractivity contribution in [2.75, 3.05) is 11.5 Å². The van der Waals surface area contributed by atoms with E-state index in [0.717, 1.165) is 4.90 Å². The van der Waals surface area contributed by atoms with Gasteiger partial charge in [-0.05, 0) is 32.9 Å². The summed E-state index contributed by atoms with van der Waals surface area (Å²) in [6.07, 6.45) is 0. The van der Waals surface area contributed by atoms with Crippen molar-refractivity contribution in [2.24, 2.45) is 0 Å². The lowest BCUT2D eigenvalue weighted by atomic mass is 10.2. The minimum Gasteiger partial charge on any atom is -0.295 e. The van der Waals surface area contributed by atoms with E-state index in [1.165, 1.54) is 18.7 Å². The molecule has 0 heterocycles. The standard InChI is InChI=1S/C13H18O3S2/c1-10(2)18(15,16)8-7-17-13-6-4-5-12(9-13)11(3)14/h4-6,9-10H,7-8H2,1-3H3. The molecule has 0 spiro atoms. The quantitative estimate of drug-likeness (QED) is 0.596. The largest absolute Gasteiger partial charge is 0.295 e. The van der Waals surface area contributed by atoms with Crippen LogP contribution in [-0.4, -0.2) is 31.0 Å². The van der Waals surface area contributed by atoms with Crippen LogP contribution in [0.3, 0.4) is 0 Å². The zero-order valence-electron chi connectivity index (χ0n) is 10.8. The van der Waals surface area contributed by atoms with Gasteiger partial charge in [-0.25, -0.2) is 8.42 Å². The van der Waals surface area contributed by atoms with Crippen LogP contribution in [0.15, 0.2) is 29.2 Å². The SMILES string of the molecule is CC(=O)c1cccc(SCCS(=O)(=O)C(C)C)c1. The van der Waals surface area contributed by atoms with E-state index >= 15 is 0 Å². The predicted molar refractivity (Wildman–Crippen MR) is 76.1 cm³/mol. The van der Waals surface area contributed by atoms with Crippen molar-refractivity contribution in [1.82, 2.24) is 0 Å². The van der Waals surface area contributed by atoms with E-state index in [4.69, 9.17) is 0 Å². The van der Waals surface area contributed by atoms with Gasteiger partial charge in [0, 0.05) is 16.2 Å². The summed E-state index contributed by atoms with van der Waals surface area (Å²) in [5.41, 5.74) is 0.659. The van der Waals surface area contributed by atoms with Crippen molar-refractivity contribution >= 4 is 27.4 Å². The Hall–Kier alpha value is -0.810. The van der Waals surface area contributed by atoms with Gasteiger partial charge in [-0.2, -0.15) is 0 Å². The average Bonchev–Trinajstić information content (AvgIpc) is 2.29. The lowest BCUT2D eigenvalue weighted by Gasteiger charge is -2.07. The van der Waals surface area contributed by atoms with Crippen LogP contribution < -0.4 is 0 Å². The van der Waals surface area contributed by atoms with Crippen molar-refractivity contribution in [1.29, 1.82) is 0 Å². The Labute approximate surface area is 113 Å². The molecule has 0 aliphatic heterocycles. The Morgan fingerprint density at radius 1 is 1.33 bits per heavy atom. The monoisotopic (exact) mass is 286 g/mol. The molecule has 1 rings (SSSR count). The lowest BCUT2D eigenvalue weighted by molar-refractivity contribution is 0.101. The van der Waals surface area contributed by atoms with Gasteiger partial charge in [0.05, 0.1) is 11.0 Å². The zero-order valence-corrected chi connectivity index (χ0v) is 12.5. The molecule has 0 bridgehead atoms. The van der Waals surface area contributed by atoms with Crippen LogP contribution in [0.2, 0.25) is 0 Å². The Balaban J connectivity index is 2.60. The maximum Gasteiger partial charge on any atom is 0.159 e. The summed E-state index contributed by atoms with van der Waals surface area (Å²) in [5.74, 6) is 0.703. The minimum atomic E-state index is -2.98. The van der Waals surface area contributed by atoms with E-state index < -0.39 is 9.84 Å². The average molecular weight is 286 g/mol. The first kappa shape index (κ1) is 15.2. The second kappa shape index (κ2) is 6.38. The number of Topliss-reactive ketones (excluding diaryl/α,β-unsaturated/α-hetero) is 1. The van der Waals surface area contributed by atoms with Crippen LogP contribution in [0.5, 0.6) is 0 Å². The molecule has 0 saturated heterocycles. The van der Waals surface area contributed by atoms with Gasteiger partial charge in [-0.3, -0.25) is 4.79 Å². The minimum absolute atomic E-state index is 0.0206. The first-order chi connectivity index (χ1) is 8.33. The molecule has 0 atom stereocenters. The molecule has 1 aromatic carbocycles. The summed E-state index contributed by atoms with van der Waals surface area (Å²) < 4.78 is 23.3. The van der Waals surface area contributed by atoms with Crippen molar-refractivity contribution in [2.45, 2.75) is 30.9 Å². The number of rotatable bonds is 6. The summed E-state index contributed by atoms with van der Waals surface area (Å²) in [5, 5.41) is -0.332. The highest BCUT2D eigenvalue weighted by atomic mass is 32.2. The van der Waals surface area contributed by atoms with Gasteiger partial charge in [0.25, 0.3) is 0 Å². The summed E-state index contributed by atoms with van der Waals surface area (Å²) in [4.78, 5) is 12.1. The smallest absolute Gasteiger partial charge is 0.159 e. The van der Waals surface area contributed by atoms with Crippen molar-refractivity contribution < 1.29 is 13.2 Å². The number of thioether (sulfide) groups is 1. The Bertz CT molecular complexity index is 519. The molecule has 0 saturated carbocycles. The normalized spacial score (nSPS) is 11.8. The molecule has 0 radical (unpaired) electrons. The maximum absolute atomic E-state index is 11.6. The highest BCUT2D eigenvalue weighted by Gasteiger charge is 2.15. The van der Waals surface area contributed by atoms with Crippen LogP contribution >= 0.6 is 11.8 Å². The molecular weight excluding hydrogens is 268 g/mol. The highest BCUT2D eigenvalue weighted by Crippen LogP contribution is 2.20. The van der Waals surface area contributed by atoms with Gasteiger partial charge >= 0.3 is 0 Å². The number of sulfone groups is 1. The fourth-order valence-electron chi connectivity index (χ4n) is 1.32. The lowest BCUT2D eigenvalue weighted by Crippen LogP contribution is -2.18. The van der Waals surface area contributed by atoms with Crippen LogP contribution in [0, 0.1) is 0 Å². The molecule has 18 heavy (non-hydrogen) atoms. The van der Waals surface area contributed by atoms with Crippen LogP contribution in [0.25, 0.3) is 0 Å². The predicted octanol–water partition coefficient (Wildman–Crippen LogP) is 2.80. The molecule has 0 aromatic heterocycles. The Morgan fingerprint density at radius 2 is 2.00 bits per heavy atom. The van der Waals surface area contributed by atoms with Gasteiger partial charge < -0.3 is 0 Å². The van der Waals surface area contributed by atoms with Gasteiger partial charge in [-0.1, -0.05) is 12.1 Å². The number of carbonyl (C=O) groups excluding carboxylic acids is 1. The molecule has 5 heteroatoms. The number of hydrogen-bond acceptors (Lipinski definition) is 4. The van der Waals surface area contributed by atoms with Crippen LogP contribution in [-0.2, 0) is 9.84 Å². The number of benzene rings is 1. The molecule has 0 fully saturated rings. The van der Waals surface area contributed by atoms with E-state index in [-0.39, 0.29) is 16.8 Å². The molecular formula is C13H18O3S2. The molecule has 0 N–H and O–H groups in total. The molecule has 0 aliphatic carbocycles. The van der Waals surface area contributed by atoms with Gasteiger partial charge in [-0.15, -0.1) is 11.8 Å². The van der Waals surface area contributed by atoms with E-state index in [2.05, 4.69) is 0 Å². The fraction of sp³-hybridized carbons (Fsp3) is 0.462. The van der Waals surface area contributed by atoms with E-state index in [1.807, 2.05) is 12.1 Å². The van der Waals surface area contributed by atoms with Crippen molar-refractivity contribution in [3.8, 4) is 0 Å². The molecule has 3 nitrogen and oxygen atoms in total. The highest BCUT2D eigenvalue weighted by molar-refractivity contribution is 8.00. The fourth-order valence-corrected chi connectivity index (χ4v) is 3.67. The molecule has 1 aromatic rings. The molecule has 0 aliphatic rings. The number of carbonyl (C=O) groups is 1. The van der Waals surface area contributed by atoms with Gasteiger partial charge in [0.15, 0.2) is 15.6 Å². The van der Waals surface area contributed by atoms with Gasteiger partial charge in [0.2, 0.25) is 0 Å². The molecule has 0 unspecified atom stereocenters. The van der Waals surface area contributed by atoms with Crippen LogP contribution in [0.4, 0.5) is 0 Å². The summed E-state index contributed by atoms with van der Waals surface area (Å²) in [6.45, 7) is 4.90. The number of ketones is 1. The topological polar surface area (TPSA) is 51.2 Å². The summed E-state index contributed by atoms with van der Waals surface area (Å²) in [6, 6.07) is 7.27. The van der Waals surface area contributed by atoms with Crippen molar-refractivity contribution in [3.63, 3.8) is 0 Å². The maximum atomic E-state index is 11.6. The Morgan fingerprint density at radius 3 is 2.56 bits per heavy atom. The second-order valence-corrected chi connectivity index (χ2v) is 8.19. The molecule has 100 valence electrons. The van der Waals surface area contributed by atoms with E-state index in [1.54, 1.807) is 26.0 Å². The third-order valence-corrected chi connectivity index (χ3v) is 6.06. The second-order valence-electron chi connectivity index (χ2n) is 4.35. The first-order valence-electron chi connectivity index (χ1n) is 5.78. The third kappa shape index (κ3) is 4.46. The van der Waals surface area contributed by atoms with Gasteiger partial charge in [0.1, 0.15) is 0 Å².